The molecule has 2 aliphatic rings. The van der Waals surface area contributed by atoms with Crippen LogP contribution in [0.25, 0.3) is 0 Å². The fourth-order valence-corrected chi connectivity index (χ4v) is 5.37. The Balaban J connectivity index is 1.35. The van der Waals surface area contributed by atoms with Crippen molar-refractivity contribution in [3.05, 3.63) is 59.2 Å². The first-order chi connectivity index (χ1) is 13.2. The summed E-state index contributed by atoms with van der Waals surface area (Å²) in [5, 5.41) is 3.56. The molecule has 1 aliphatic heterocycles. The van der Waals surface area contributed by atoms with Gasteiger partial charge in [-0.25, -0.2) is 0 Å². The zero-order chi connectivity index (χ0) is 18.6. The van der Waals surface area contributed by atoms with Gasteiger partial charge in [0.2, 0.25) is 5.91 Å². The molecule has 1 atom stereocenters. The smallest absolute Gasteiger partial charge is 0.234 e. The molecule has 0 bridgehead atoms. The molecule has 3 nitrogen and oxygen atoms in total. The zero-order valence-electron chi connectivity index (χ0n) is 16.0. The van der Waals surface area contributed by atoms with Crippen molar-refractivity contribution in [3.8, 4) is 0 Å². The summed E-state index contributed by atoms with van der Waals surface area (Å²) in [6, 6.07) is 15.1. The molecule has 4 heteroatoms. The number of anilines is 2. The van der Waals surface area contributed by atoms with Crippen LogP contribution in [0.5, 0.6) is 0 Å². The standard InChI is InChI=1S/C23H28N2OS/c1-17-15-19(25-13-4-5-14-25)11-12-21(17)24-23(26)16-27-22-10-6-8-18-7-2-3-9-20(18)22/h2-3,7,9,11-12,15,22H,4-6,8,10,13-14,16H2,1H3,(H,24,26). The molecule has 1 unspecified atom stereocenters. The first kappa shape index (κ1) is 18.4. The van der Waals surface area contributed by atoms with Crippen molar-refractivity contribution in [1.82, 2.24) is 0 Å². The maximum atomic E-state index is 12.5. The predicted molar refractivity (Wildman–Crippen MR) is 116 cm³/mol. The molecular weight excluding hydrogens is 352 g/mol. The third-order valence-corrected chi connectivity index (χ3v) is 7.01. The second-order valence-corrected chi connectivity index (χ2v) is 8.82. The van der Waals surface area contributed by atoms with Crippen LogP contribution in [0.2, 0.25) is 0 Å². The fourth-order valence-electron chi connectivity index (χ4n) is 4.21. The van der Waals surface area contributed by atoms with E-state index >= 15 is 0 Å². The first-order valence-electron chi connectivity index (χ1n) is 10.1. The topological polar surface area (TPSA) is 32.3 Å². The molecule has 0 spiro atoms. The van der Waals surface area contributed by atoms with Gasteiger partial charge in [0.25, 0.3) is 0 Å². The number of nitrogens with one attached hydrogen (secondary N) is 1. The van der Waals surface area contributed by atoms with E-state index in [9.17, 15) is 4.79 Å². The number of benzene rings is 2. The van der Waals surface area contributed by atoms with Crippen LogP contribution < -0.4 is 10.2 Å². The van der Waals surface area contributed by atoms with Crippen LogP contribution in [0.4, 0.5) is 11.4 Å². The number of thioether (sulfide) groups is 1. The van der Waals surface area contributed by atoms with Gasteiger partial charge >= 0.3 is 0 Å². The summed E-state index contributed by atoms with van der Waals surface area (Å²) < 4.78 is 0. The highest BCUT2D eigenvalue weighted by Gasteiger charge is 2.21. The molecular formula is C23H28N2OS. The van der Waals surface area contributed by atoms with Crippen LogP contribution in [0.15, 0.2) is 42.5 Å². The van der Waals surface area contributed by atoms with Crippen molar-refractivity contribution in [2.24, 2.45) is 0 Å². The highest BCUT2D eigenvalue weighted by Crippen LogP contribution is 2.39. The Hall–Kier alpha value is -1.94. The highest BCUT2D eigenvalue weighted by atomic mass is 32.2. The Bertz CT molecular complexity index is 814. The number of aryl methyl sites for hydroxylation is 2. The van der Waals surface area contributed by atoms with Gasteiger partial charge in [-0.1, -0.05) is 24.3 Å². The summed E-state index contributed by atoms with van der Waals surface area (Å²) in [7, 11) is 0. The third kappa shape index (κ3) is 4.32. The lowest BCUT2D eigenvalue weighted by molar-refractivity contribution is -0.113. The molecule has 1 N–H and O–H groups in total. The molecule has 1 fully saturated rings. The van der Waals surface area contributed by atoms with E-state index in [1.807, 2.05) is 0 Å². The van der Waals surface area contributed by atoms with E-state index in [4.69, 9.17) is 0 Å². The molecule has 142 valence electrons. The van der Waals surface area contributed by atoms with Crippen molar-refractivity contribution in [3.63, 3.8) is 0 Å². The lowest BCUT2D eigenvalue weighted by atomic mass is 9.91. The molecule has 1 aliphatic carbocycles. The van der Waals surface area contributed by atoms with E-state index in [-0.39, 0.29) is 5.91 Å². The Morgan fingerprint density at radius 3 is 2.78 bits per heavy atom. The molecule has 1 heterocycles. The number of carbonyl (C=O) groups excluding carboxylic acids is 1. The van der Waals surface area contributed by atoms with Gasteiger partial charge in [0.05, 0.1) is 5.75 Å². The maximum absolute atomic E-state index is 12.5. The largest absolute Gasteiger partial charge is 0.372 e. The van der Waals surface area contributed by atoms with Crippen molar-refractivity contribution in [1.29, 1.82) is 0 Å². The van der Waals surface area contributed by atoms with Crippen molar-refractivity contribution < 1.29 is 4.79 Å². The summed E-state index contributed by atoms with van der Waals surface area (Å²) in [6.07, 6.45) is 6.10. The average molecular weight is 381 g/mol. The first-order valence-corrected chi connectivity index (χ1v) is 11.1. The molecule has 2 aromatic carbocycles. The predicted octanol–water partition coefficient (Wildman–Crippen LogP) is 5.34. The van der Waals surface area contributed by atoms with Gasteiger partial charge in [0.1, 0.15) is 0 Å². The molecule has 0 radical (unpaired) electrons. The summed E-state index contributed by atoms with van der Waals surface area (Å²) >= 11 is 1.78. The van der Waals surface area contributed by atoms with E-state index in [1.54, 1.807) is 11.8 Å². The molecule has 1 saturated heterocycles. The zero-order valence-corrected chi connectivity index (χ0v) is 16.9. The summed E-state index contributed by atoms with van der Waals surface area (Å²) in [6.45, 7) is 4.37. The number of hydrogen-bond donors (Lipinski definition) is 1. The SMILES string of the molecule is Cc1cc(N2CCCC2)ccc1NC(=O)CSC1CCCc2ccccc21. The second kappa shape index (κ2) is 8.39. The molecule has 1 amide bonds. The third-order valence-electron chi connectivity index (χ3n) is 5.69. The van der Waals surface area contributed by atoms with E-state index in [1.165, 1.54) is 48.9 Å². The Kier molecular flexibility index (Phi) is 5.72. The number of nitrogens with zero attached hydrogens (tertiary/aromatic N) is 1. The number of carbonyl (C=O) groups is 1. The minimum absolute atomic E-state index is 0.0973. The van der Waals surface area contributed by atoms with E-state index < -0.39 is 0 Å². The summed E-state index contributed by atoms with van der Waals surface area (Å²) in [4.78, 5) is 14.9. The van der Waals surface area contributed by atoms with E-state index in [0.29, 0.717) is 11.0 Å². The Morgan fingerprint density at radius 2 is 1.96 bits per heavy atom. The lowest BCUT2D eigenvalue weighted by Gasteiger charge is -2.25. The van der Waals surface area contributed by atoms with Crippen molar-refractivity contribution >= 4 is 29.0 Å². The average Bonchev–Trinajstić information content (AvgIpc) is 3.23. The second-order valence-electron chi connectivity index (χ2n) is 7.63. The molecule has 0 saturated carbocycles. The molecule has 4 rings (SSSR count). The molecule has 2 aromatic rings. The molecule has 27 heavy (non-hydrogen) atoms. The molecule has 0 aromatic heterocycles. The Morgan fingerprint density at radius 1 is 1.15 bits per heavy atom. The van der Waals surface area contributed by atoms with Crippen LogP contribution in [-0.4, -0.2) is 24.7 Å². The summed E-state index contributed by atoms with van der Waals surface area (Å²) in [5.74, 6) is 0.604. The van der Waals surface area contributed by atoms with E-state index in [0.717, 1.165) is 24.3 Å². The number of hydrogen-bond acceptors (Lipinski definition) is 3. The van der Waals surface area contributed by atoms with Crippen LogP contribution in [0, 0.1) is 6.92 Å². The van der Waals surface area contributed by atoms with Crippen LogP contribution in [0.3, 0.4) is 0 Å². The minimum Gasteiger partial charge on any atom is -0.372 e. The van der Waals surface area contributed by atoms with Gasteiger partial charge in [-0.3, -0.25) is 4.79 Å². The van der Waals surface area contributed by atoms with Gasteiger partial charge in [0.15, 0.2) is 0 Å². The highest BCUT2D eigenvalue weighted by molar-refractivity contribution is 8.00. The van der Waals surface area contributed by atoms with Gasteiger partial charge < -0.3 is 10.2 Å². The van der Waals surface area contributed by atoms with Crippen molar-refractivity contribution in [2.75, 3.05) is 29.1 Å². The number of amides is 1. The van der Waals surface area contributed by atoms with Gasteiger partial charge in [-0.05, 0) is 73.9 Å². The monoisotopic (exact) mass is 380 g/mol. The van der Waals surface area contributed by atoms with Gasteiger partial charge in [0, 0.05) is 29.7 Å². The normalized spacial score (nSPS) is 19.0. The number of fused-ring (bicyclic) bond motifs is 1. The lowest BCUT2D eigenvalue weighted by Crippen LogP contribution is -2.19. The summed E-state index contributed by atoms with van der Waals surface area (Å²) in [5.41, 5.74) is 6.23. The van der Waals surface area contributed by atoms with Gasteiger partial charge in [-0.2, -0.15) is 0 Å². The van der Waals surface area contributed by atoms with Crippen LogP contribution in [0.1, 0.15) is 47.6 Å². The fraction of sp³-hybridized carbons (Fsp3) is 0.435. The quantitative estimate of drug-likeness (QED) is 0.759. The van der Waals surface area contributed by atoms with Crippen LogP contribution in [-0.2, 0) is 11.2 Å². The maximum Gasteiger partial charge on any atom is 0.234 e. The van der Waals surface area contributed by atoms with Gasteiger partial charge in [-0.15, -0.1) is 11.8 Å². The van der Waals surface area contributed by atoms with E-state index in [2.05, 4.69) is 59.6 Å². The Labute approximate surface area is 166 Å². The number of rotatable bonds is 5. The minimum atomic E-state index is 0.0973. The van der Waals surface area contributed by atoms with Crippen molar-refractivity contribution in [2.45, 2.75) is 44.3 Å². The van der Waals surface area contributed by atoms with Crippen LogP contribution >= 0.6 is 11.8 Å².